The van der Waals surface area contributed by atoms with E-state index in [1.165, 1.54) is 36.8 Å². The Morgan fingerprint density at radius 3 is 2.77 bits per heavy atom. The fourth-order valence-electron chi connectivity index (χ4n) is 4.33. The van der Waals surface area contributed by atoms with E-state index in [4.69, 9.17) is 0 Å². The lowest BCUT2D eigenvalue weighted by atomic mass is 9.93. The highest BCUT2D eigenvalue weighted by Crippen LogP contribution is 2.49. The largest absolute Gasteiger partial charge is 0.310 e. The van der Waals surface area contributed by atoms with Crippen molar-refractivity contribution in [3.63, 3.8) is 0 Å². The van der Waals surface area contributed by atoms with Crippen molar-refractivity contribution in [1.29, 1.82) is 0 Å². The van der Waals surface area contributed by atoms with Crippen molar-refractivity contribution >= 4 is 18.5 Å². The number of amidine groups is 1. The van der Waals surface area contributed by atoms with Crippen LogP contribution in [0.25, 0.3) is 0 Å². The summed E-state index contributed by atoms with van der Waals surface area (Å²) in [7, 11) is 0. The summed E-state index contributed by atoms with van der Waals surface area (Å²) in [5.41, 5.74) is 5.19. The first-order chi connectivity index (χ1) is 12.5. The molecule has 0 aliphatic heterocycles. The van der Waals surface area contributed by atoms with Crippen LogP contribution in [0.2, 0.25) is 0 Å². The fraction of sp³-hybridized carbons (Fsp3) is 0.409. The molecule has 1 aromatic rings. The first-order valence-corrected chi connectivity index (χ1v) is 9.29. The molecule has 0 saturated heterocycles. The van der Waals surface area contributed by atoms with Crippen molar-refractivity contribution in [3.8, 4) is 0 Å². The second-order valence-electron chi connectivity index (χ2n) is 7.35. The molecule has 3 rings (SSSR count). The minimum absolute atomic E-state index is 0.141. The summed E-state index contributed by atoms with van der Waals surface area (Å²) in [5.74, 6) is 1.78. The summed E-state index contributed by atoms with van der Waals surface area (Å²) in [4.78, 5) is 21.1. The predicted octanol–water partition coefficient (Wildman–Crippen LogP) is 4.82. The van der Waals surface area contributed by atoms with Crippen LogP contribution in [0.4, 0.5) is 0 Å². The van der Waals surface area contributed by atoms with Gasteiger partial charge in [0.25, 0.3) is 5.91 Å². The molecule has 136 valence electrons. The Hall–Kier alpha value is -2.49. The molecular weight excluding hydrogens is 322 g/mol. The van der Waals surface area contributed by atoms with E-state index in [-0.39, 0.29) is 5.91 Å². The second kappa shape index (κ2) is 7.81. The van der Waals surface area contributed by atoms with Gasteiger partial charge in [-0.25, -0.2) is 4.99 Å². The quantitative estimate of drug-likeness (QED) is 0.615. The Bertz CT molecular complexity index is 816. The van der Waals surface area contributed by atoms with E-state index in [1.807, 2.05) is 31.2 Å². The van der Waals surface area contributed by atoms with Gasteiger partial charge in [0, 0.05) is 5.56 Å². The number of fused-ring (bicyclic) bond motifs is 1. The molecule has 0 heterocycles. The molecule has 4 heteroatoms. The van der Waals surface area contributed by atoms with Gasteiger partial charge in [0.1, 0.15) is 5.84 Å². The van der Waals surface area contributed by atoms with E-state index in [0.717, 1.165) is 17.2 Å². The predicted molar refractivity (Wildman–Crippen MR) is 108 cm³/mol. The van der Waals surface area contributed by atoms with E-state index < -0.39 is 0 Å². The molecule has 1 fully saturated rings. The van der Waals surface area contributed by atoms with Gasteiger partial charge in [0.15, 0.2) is 0 Å². The lowest BCUT2D eigenvalue weighted by Gasteiger charge is -2.14. The normalized spacial score (nSPS) is 23.2. The van der Waals surface area contributed by atoms with Crippen LogP contribution in [0.1, 0.15) is 55.5 Å². The average molecular weight is 349 g/mol. The Morgan fingerprint density at radius 2 is 2.04 bits per heavy atom. The SMILES string of the molecule is C=N/C(=C\N=C(/C)NC(=O)c1ccccc1C)C1=C(C)CC2CCCC12. The van der Waals surface area contributed by atoms with Crippen molar-refractivity contribution in [2.45, 2.75) is 46.5 Å². The van der Waals surface area contributed by atoms with Crippen molar-refractivity contribution in [2.75, 3.05) is 0 Å². The van der Waals surface area contributed by atoms with E-state index in [0.29, 0.717) is 17.3 Å². The number of hydrogen-bond acceptors (Lipinski definition) is 3. The van der Waals surface area contributed by atoms with Gasteiger partial charge in [0.2, 0.25) is 0 Å². The van der Waals surface area contributed by atoms with Gasteiger partial charge in [-0.2, -0.15) is 0 Å². The molecule has 1 N–H and O–H groups in total. The van der Waals surface area contributed by atoms with Crippen LogP contribution in [0.3, 0.4) is 0 Å². The molecule has 0 aromatic heterocycles. The maximum atomic E-state index is 12.4. The monoisotopic (exact) mass is 349 g/mol. The van der Waals surface area contributed by atoms with Crippen LogP contribution in [-0.2, 0) is 0 Å². The van der Waals surface area contributed by atoms with Crippen molar-refractivity contribution in [3.05, 3.63) is 58.4 Å². The number of rotatable bonds is 4. The summed E-state index contributed by atoms with van der Waals surface area (Å²) >= 11 is 0. The van der Waals surface area contributed by atoms with Gasteiger partial charge in [-0.3, -0.25) is 9.79 Å². The summed E-state index contributed by atoms with van der Waals surface area (Å²) in [6.45, 7) is 9.66. The first-order valence-electron chi connectivity index (χ1n) is 9.29. The Morgan fingerprint density at radius 1 is 1.27 bits per heavy atom. The maximum absolute atomic E-state index is 12.4. The highest BCUT2D eigenvalue weighted by Gasteiger charge is 2.37. The third-order valence-electron chi connectivity index (χ3n) is 5.57. The molecule has 1 saturated carbocycles. The van der Waals surface area contributed by atoms with Crippen LogP contribution in [-0.4, -0.2) is 18.5 Å². The molecule has 26 heavy (non-hydrogen) atoms. The fourth-order valence-corrected chi connectivity index (χ4v) is 4.33. The Kier molecular flexibility index (Phi) is 5.50. The van der Waals surface area contributed by atoms with E-state index in [9.17, 15) is 4.79 Å². The van der Waals surface area contributed by atoms with Gasteiger partial charge >= 0.3 is 0 Å². The maximum Gasteiger partial charge on any atom is 0.256 e. The number of aryl methyl sites for hydroxylation is 1. The van der Waals surface area contributed by atoms with Crippen LogP contribution >= 0.6 is 0 Å². The molecule has 0 radical (unpaired) electrons. The highest BCUT2D eigenvalue weighted by atomic mass is 16.1. The molecule has 2 unspecified atom stereocenters. The lowest BCUT2D eigenvalue weighted by Crippen LogP contribution is -2.28. The van der Waals surface area contributed by atoms with E-state index in [1.54, 1.807) is 13.1 Å². The van der Waals surface area contributed by atoms with Gasteiger partial charge < -0.3 is 5.32 Å². The lowest BCUT2D eigenvalue weighted by molar-refractivity contribution is 0.0976. The minimum atomic E-state index is -0.141. The van der Waals surface area contributed by atoms with Crippen molar-refractivity contribution < 1.29 is 4.79 Å². The molecule has 2 aliphatic carbocycles. The number of nitrogens with one attached hydrogen (secondary N) is 1. The number of nitrogens with zero attached hydrogens (tertiary/aromatic N) is 2. The molecule has 2 aliphatic rings. The van der Waals surface area contributed by atoms with Gasteiger partial charge in [-0.1, -0.05) is 30.2 Å². The molecule has 0 bridgehead atoms. The number of benzene rings is 1. The second-order valence-corrected chi connectivity index (χ2v) is 7.35. The Balaban J connectivity index is 1.75. The zero-order chi connectivity index (χ0) is 18.7. The van der Waals surface area contributed by atoms with Gasteiger partial charge in [-0.15, -0.1) is 0 Å². The number of amides is 1. The topological polar surface area (TPSA) is 53.8 Å². The zero-order valence-corrected chi connectivity index (χ0v) is 15.9. The van der Waals surface area contributed by atoms with Crippen molar-refractivity contribution in [2.24, 2.45) is 21.8 Å². The zero-order valence-electron chi connectivity index (χ0n) is 15.9. The molecular formula is C22H27N3O. The summed E-state index contributed by atoms with van der Waals surface area (Å²) in [5, 5.41) is 2.85. The number of carbonyl (C=O) groups excluding carboxylic acids is 1. The minimum Gasteiger partial charge on any atom is -0.310 e. The smallest absolute Gasteiger partial charge is 0.256 e. The number of hydrogen-bond donors (Lipinski definition) is 1. The molecule has 1 amide bonds. The van der Waals surface area contributed by atoms with E-state index >= 15 is 0 Å². The van der Waals surface area contributed by atoms with E-state index in [2.05, 4.69) is 28.9 Å². The van der Waals surface area contributed by atoms with Crippen LogP contribution in [0, 0.1) is 18.8 Å². The van der Waals surface area contributed by atoms with Gasteiger partial charge in [-0.05, 0) is 75.8 Å². The highest BCUT2D eigenvalue weighted by molar-refractivity contribution is 6.06. The third-order valence-corrected chi connectivity index (χ3v) is 5.57. The molecule has 1 aromatic carbocycles. The summed E-state index contributed by atoms with van der Waals surface area (Å²) in [6, 6.07) is 7.53. The first kappa shape index (κ1) is 18.3. The van der Waals surface area contributed by atoms with Crippen LogP contribution in [0.5, 0.6) is 0 Å². The third kappa shape index (κ3) is 3.69. The summed E-state index contributed by atoms with van der Waals surface area (Å²) in [6.07, 6.45) is 6.76. The number of aliphatic imine (C=N–C) groups is 2. The number of carbonyl (C=O) groups is 1. The van der Waals surface area contributed by atoms with Gasteiger partial charge in [0.05, 0.1) is 11.9 Å². The Labute approximate surface area is 155 Å². The molecule has 4 nitrogen and oxygen atoms in total. The van der Waals surface area contributed by atoms with Crippen molar-refractivity contribution in [1.82, 2.24) is 5.32 Å². The van der Waals surface area contributed by atoms with Crippen LogP contribution < -0.4 is 5.32 Å². The van der Waals surface area contributed by atoms with Crippen LogP contribution in [0.15, 0.2) is 57.3 Å². The summed E-state index contributed by atoms with van der Waals surface area (Å²) < 4.78 is 0. The average Bonchev–Trinajstić information content (AvgIpc) is 3.17. The standard InChI is InChI=1S/C22H27N3O/c1-14-8-5-6-10-18(14)22(26)25-16(3)24-13-20(23-4)21-15(2)12-17-9-7-11-19(17)21/h5-6,8,10,13,17,19H,4,7,9,11-12H2,1-3H3,(H,24,25,26)/b20-13-. The molecule has 0 spiro atoms. The molecule has 2 atom stereocenters. The number of allylic oxidation sites excluding steroid dienone is 2.